The highest BCUT2D eigenvalue weighted by atomic mass is 79.9. The molecular formula is C11H8BrClN6S. The Kier molecular flexibility index (Phi) is 3.95. The van der Waals surface area contributed by atoms with Crippen LogP contribution in [0.5, 0.6) is 0 Å². The minimum Gasteiger partial charge on any atom is -0.349 e. The first-order valence-electron chi connectivity index (χ1n) is 5.59. The summed E-state index contributed by atoms with van der Waals surface area (Å²) in [6.07, 6.45) is 3.39. The molecule has 0 aliphatic carbocycles. The second kappa shape index (κ2) is 5.86. The number of halogens is 2. The Hall–Kier alpha value is -1.51. The van der Waals surface area contributed by atoms with Gasteiger partial charge in [0.25, 0.3) is 5.95 Å². The van der Waals surface area contributed by atoms with Crippen LogP contribution in [0.4, 0.5) is 5.95 Å². The molecule has 0 amide bonds. The second-order valence-corrected chi connectivity index (χ2v) is 6.01. The highest BCUT2D eigenvalue weighted by Gasteiger charge is 2.07. The number of rotatable bonds is 4. The van der Waals surface area contributed by atoms with Crippen LogP contribution < -0.4 is 5.32 Å². The van der Waals surface area contributed by atoms with E-state index in [0.717, 1.165) is 9.35 Å². The maximum absolute atomic E-state index is 5.90. The zero-order valence-corrected chi connectivity index (χ0v) is 13.2. The molecule has 0 saturated carbocycles. The fourth-order valence-electron chi connectivity index (χ4n) is 1.52. The van der Waals surface area contributed by atoms with Crippen LogP contribution in [0.1, 0.15) is 4.88 Å². The molecule has 0 spiro atoms. The van der Waals surface area contributed by atoms with Crippen LogP contribution in [0.2, 0.25) is 5.28 Å². The third-order valence-corrected chi connectivity index (χ3v) is 4.21. The average molecular weight is 372 g/mol. The highest BCUT2D eigenvalue weighted by molar-refractivity contribution is 9.10. The van der Waals surface area contributed by atoms with Crippen LogP contribution in [0.15, 0.2) is 34.4 Å². The first kappa shape index (κ1) is 13.5. The van der Waals surface area contributed by atoms with Gasteiger partial charge in [-0.2, -0.15) is 20.1 Å². The number of thiophene rings is 1. The van der Waals surface area contributed by atoms with E-state index in [-0.39, 0.29) is 5.28 Å². The molecule has 102 valence electrons. The van der Waals surface area contributed by atoms with Gasteiger partial charge in [0, 0.05) is 27.1 Å². The smallest absolute Gasteiger partial charge is 0.256 e. The predicted molar refractivity (Wildman–Crippen MR) is 81.3 cm³/mol. The highest BCUT2D eigenvalue weighted by Crippen LogP contribution is 2.20. The summed E-state index contributed by atoms with van der Waals surface area (Å²) in [6, 6.07) is 3.82. The summed E-state index contributed by atoms with van der Waals surface area (Å²) in [6.45, 7) is 0.620. The maximum Gasteiger partial charge on any atom is 0.256 e. The lowest BCUT2D eigenvalue weighted by Crippen LogP contribution is -2.08. The van der Waals surface area contributed by atoms with E-state index in [1.165, 1.54) is 4.68 Å². The Bertz CT molecular complexity index is 714. The van der Waals surface area contributed by atoms with Gasteiger partial charge in [-0.1, -0.05) is 0 Å². The quantitative estimate of drug-likeness (QED) is 0.763. The van der Waals surface area contributed by atoms with Crippen molar-refractivity contribution in [1.29, 1.82) is 0 Å². The van der Waals surface area contributed by atoms with Crippen molar-refractivity contribution in [3.8, 4) is 5.95 Å². The summed E-state index contributed by atoms with van der Waals surface area (Å²) in [7, 11) is 0. The van der Waals surface area contributed by atoms with Crippen molar-refractivity contribution >= 4 is 44.8 Å². The molecule has 9 heteroatoms. The van der Waals surface area contributed by atoms with Crippen molar-refractivity contribution in [1.82, 2.24) is 24.7 Å². The molecule has 3 rings (SSSR count). The first-order chi connectivity index (χ1) is 9.70. The zero-order valence-electron chi connectivity index (χ0n) is 9.99. The maximum atomic E-state index is 5.90. The molecule has 0 saturated heterocycles. The van der Waals surface area contributed by atoms with Gasteiger partial charge >= 0.3 is 0 Å². The molecule has 3 aromatic rings. The second-order valence-electron chi connectivity index (χ2n) is 3.76. The molecule has 0 radical (unpaired) electrons. The van der Waals surface area contributed by atoms with E-state index in [9.17, 15) is 0 Å². The number of hydrogen-bond acceptors (Lipinski definition) is 6. The first-order valence-corrected chi connectivity index (χ1v) is 7.64. The van der Waals surface area contributed by atoms with Gasteiger partial charge in [-0.3, -0.25) is 0 Å². The van der Waals surface area contributed by atoms with E-state index < -0.39 is 0 Å². The van der Waals surface area contributed by atoms with Crippen molar-refractivity contribution < 1.29 is 0 Å². The number of hydrogen-bond donors (Lipinski definition) is 1. The molecule has 6 nitrogen and oxygen atoms in total. The topological polar surface area (TPSA) is 68.5 Å². The van der Waals surface area contributed by atoms with Crippen LogP contribution in [0.25, 0.3) is 5.95 Å². The minimum absolute atomic E-state index is 0.125. The van der Waals surface area contributed by atoms with E-state index in [2.05, 4.69) is 41.3 Å². The standard InChI is InChI=1S/C11H8BrClN6S/c12-7-4-8(20-6-7)5-14-10-16-9(13)17-11(18-10)19-3-1-2-15-19/h1-4,6H,5H2,(H,14,16,17,18). The Labute approximate surface area is 132 Å². The van der Waals surface area contributed by atoms with Gasteiger partial charge in [-0.15, -0.1) is 11.3 Å². The summed E-state index contributed by atoms with van der Waals surface area (Å²) < 4.78 is 2.59. The largest absolute Gasteiger partial charge is 0.349 e. The fourth-order valence-corrected chi connectivity index (χ4v) is 3.07. The third kappa shape index (κ3) is 3.14. The summed E-state index contributed by atoms with van der Waals surface area (Å²) in [5.41, 5.74) is 0. The van der Waals surface area contributed by atoms with Crippen LogP contribution in [0, 0.1) is 0 Å². The summed E-state index contributed by atoms with van der Waals surface area (Å²) in [5, 5.41) is 9.33. The van der Waals surface area contributed by atoms with Gasteiger partial charge in [0.05, 0.1) is 6.54 Å². The third-order valence-electron chi connectivity index (χ3n) is 2.35. The lowest BCUT2D eigenvalue weighted by Gasteiger charge is -2.05. The Morgan fingerprint density at radius 2 is 2.25 bits per heavy atom. The molecule has 3 heterocycles. The molecule has 0 fully saturated rings. The van der Waals surface area contributed by atoms with E-state index >= 15 is 0 Å². The average Bonchev–Trinajstić information content (AvgIpc) is 3.07. The zero-order chi connectivity index (χ0) is 13.9. The van der Waals surface area contributed by atoms with Crippen molar-refractivity contribution in [2.45, 2.75) is 6.54 Å². The molecule has 1 N–H and O–H groups in total. The van der Waals surface area contributed by atoms with Gasteiger partial charge in [-0.05, 0) is 39.7 Å². The van der Waals surface area contributed by atoms with E-state index in [4.69, 9.17) is 11.6 Å². The summed E-state index contributed by atoms with van der Waals surface area (Å²) >= 11 is 11.0. The van der Waals surface area contributed by atoms with E-state index in [0.29, 0.717) is 18.4 Å². The van der Waals surface area contributed by atoms with Crippen LogP contribution >= 0.6 is 38.9 Å². The van der Waals surface area contributed by atoms with Gasteiger partial charge < -0.3 is 5.32 Å². The van der Waals surface area contributed by atoms with Gasteiger partial charge in [0.2, 0.25) is 11.2 Å². The summed E-state index contributed by atoms with van der Waals surface area (Å²) in [4.78, 5) is 13.5. The number of nitrogens with one attached hydrogen (secondary N) is 1. The molecule has 20 heavy (non-hydrogen) atoms. The lowest BCUT2D eigenvalue weighted by atomic mass is 10.5. The molecule has 0 aromatic carbocycles. The molecule has 0 aliphatic heterocycles. The molecular weight excluding hydrogens is 364 g/mol. The fraction of sp³-hybridized carbons (Fsp3) is 0.0909. The van der Waals surface area contributed by atoms with Gasteiger partial charge in [-0.25, -0.2) is 4.68 Å². The predicted octanol–water partition coefficient (Wildman–Crippen LogP) is 3.15. The Morgan fingerprint density at radius 1 is 1.35 bits per heavy atom. The normalized spacial score (nSPS) is 10.7. The van der Waals surface area contributed by atoms with Crippen molar-refractivity contribution in [3.63, 3.8) is 0 Å². The molecule has 0 unspecified atom stereocenters. The SMILES string of the molecule is Clc1nc(NCc2cc(Br)cs2)nc(-n2cccn2)n1. The number of nitrogens with zero attached hydrogens (tertiary/aromatic N) is 5. The van der Waals surface area contributed by atoms with Crippen molar-refractivity contribution in [3.05, 3.63) is 44.5 Å². The Balaban J connectivity index is 1.79. The lowest BCUT2D eigenvalue weighted by molar-refractivity contribution is 0.795. The van der Waals surface area contributed by atoms with Gasteiger partial charge in [0.15, 0.2) is 0 Å². The molecule has 0 aliphatic rings. The van der Waals surface area contributed by atoms with Crippen LogP contribution in [0.3, 0.4) is 0 Å². The number of aromatic nitrogens is 5. The van der Waals surface area contributed by atoms with Crippen molar-refractivity contribution in [2.24, 2.45) is 0 Å². The van der Waals surface area contributed by atoms with Crippen molar-refractivity contribution in [2.75, 3.05) is 5.32 Å². The van der Waals surface area contributed by atoms with Crippen LogP contribution in [-0.4, -0.2) is 24.7 Å². The Morgan fingerprint density at radius 3 is 2.95 bits per heavy atom. The number of anilines is 1. The summed E-state index contributed by atoms with van der Waals surface area (Å²) in [5.74, 6) is 0.796. The van der Waals surface area contributed by atoms with Gasteiger partial charge in [0.1, 0.15) is 0 Å². The molecule has 0 bridgehead atoms. The molecule has 0 atom stereocenters. The molecule has 3 aromatic heterocycles. The van der Waals surface area contributed by atoms with Crippen LogP contribution in [-0.2, 0) is 6.54 Å². The minimum atomic E-state index is 0.125. The van der Waals surface area contributed by atoms with E-state index in [1.54, 1.807) is 29.8 Å². The van der Waals surface area contributed by atoms with E-state index in [1.807, 2.05) is 11.4 Å². The monoisotopic (exact) mass is 370 g/mol.